The highest BCUT2D eigenvalue weighted by atomic mass is 16.5. The van der Waals surface area contributed by atoms with Crippen molar-refractivity contribution in [1.29, 1.82) is 0 Å². The average Bonchev–Trinajstić information content (AvgIpc) is 2.87. The topological polar surface area (TPSA) is 89.3 Å². The predicted octanol–water partition coefficient (Wildman–Crippen LogP) is 2.42. The Morgan fingerprint density at radius 1 is 1.48 bits per heavy atom. The molecule has 0 aromatic carbocycles. The first kappa shape index (κ1) is 17.7. The van der Waals surface area contributed by atoms with E-state index >= 15 is 0 Å². The van der Waals surface area contributed by atoms with Crippen LogP contribution in [-0.4, -0.2) is 45.1 Å². The molecule has 0 radical (unpaired) electrons. The van der Waals surface area contributed by atoms with Gasteiger partial charge in [-0.1, -0.05) is 6.42 Å². The van der Waals surface area contributed by atoms with Gasteiger partial charge in [0.05, 0.1) is 29.5 Å². The van der Waals surface area contributed by atoms with Crippen molar-refractivity contribution in [2.24, 2.45) is 13.0 Å². The van der Waals surface area contributed by atoms with Gasteiger partial charge in [-0.3, -0.25) is 4.68 Å². The number of hydrogen-bond donors (Lipinski definition) is 2. The Hall–Kier alpha value is -2.15. The molecule has 1 fully saturated rings. The van der Waals surface area contributed by atoms with Crippen molar-refractivity contribution >= 4 is 22.7 Å². The molecule has 7 nitrogen and oxygen atoms in total. The Labute approximate surface area is 147 Å². The van der Waals surface area contributed by atoms with Gasteiger partial charge in [-0.15, -0.1) is 0 Å². The Bertz CT molecular complexity index is 771. The van der Waals surface area contributed by atoms with Crippen molar-refractivity contribution in [1.82, 2.24) is 14.8 Å². The van der Waals surface area contributed by atoms with Crippen LogP contribution >= 0.6 is 0 Å². The number of pyridine rings is 1. The number of aromatic nitrogens is 3. The Morgan fingerprint density at radius 2 is 2.28 bits per heavy atom. The van der Waals surface area contributed by atoms with Crippen LogP contribution in [0, 0.1) is 12.8 Å². The van der Waals surface area contributed by atoms with Gasteiger partial charge >= 0.3 is 5.97 Å². The van der Waals surface area contributed by atoms with E-state index in [0.29, 0.717) is 24.6 Å². The molecule has 0 amide bonds. The SMILES string of the molecule is CCOC(=O)c1cnc2c(c(C)nn2C)c1NCC1CCCC(O)C1. The van der Waals surface area contributed by atoms with Gasteiger partial charge in [-0.2, -0.15) is 5.10 Å². The molecule has 7 heteroatoms. The summed E-state index contributed by atoms with van der Waals surface area (Å²) in [5, 5.41) is 18.6. The van der Waals surface area contributed by atoms with Crippen LogP contribution in [0.5, 0.6) is 0 Å². The molecule has 2 aromatic heterocycles. The van der Waals surface area contributed by atoms with Crippen molar-refractivity contribution in [3.8, 4) is 0 Å². The van der Waals surface area contributed by atoms with Crippen LogP contribution in [0.3, 0.4) is 0 Å². The largest absolute Gasteiger partial charge is 0.462 e. The molecule has 2 atom stereocenters. The van der Waals surface area contributed by atoms with E-state index in [2.05, 4.69) is 15.4 Å². The lowest BCUT2D eigenvalue weighted by atomic mass is 9.87. The smallest absolute Gasteiger partial charge is 0.341 e. The highest BCUT2D eigenvalue weighted by molar-refractivity contribution is 6.05. The summed E-state index contributed by atoms with van der Waals surface area (Å²) in [4.78, 5) is 16.8. The van der Waals surface area contributed by atoms with Gasteiger partial charge in [0.15, 0.2) is 5.65 Å². The summed E-state index contributed by atoms with van der Waals surface area (Å²) in [5.41, 5.74) is 2.72. The molecule has 2 aromatic rings. The van der Waals surface area contributed by atoms with Gasteiger partial charge in [-0.25, -0.2) is 9.78 Å². The lowest BCUT2D eigenvalue weighted by Crippen LogP contribution is -2.25. The number of aliphatic hydroxyl groups excluding tert-OH is 1. The van der Waals surface area contributed by atoms with Crippen LogP contribution in [-0.2, 0) is 11.8 Å². The molecule has 0 bridgehead atoms. The van der Waals surface area contributed by atoms with Gasteiger partial charge < -0.3 is 15.2 Å². The lowest BCUT2D eigenvalue weighted by Gasteiger charge is -2.26. The maximum atomic E-state index is 12.4. The fraction of sp³-hybridized carbons (Fsp3) is 0.611. The number of ether oxygens (including phenoxy) is 1. The minimum atomic E-state index is -0.383. The summed E-state index contributed by atoms with van der Waals surface area (Å²) in [5.74, 6) is 0.00493. The molecule has 136 valence electrons. The average molecular weight is 346 g/mol. The van der Waals surface area contributed by atoms with E-state index in [1.54, 1.807) is 17.8 Å². The molecule has 2 N–H and O–H groups in total. The Balaban J connectivity index is 1.94. The minimum Gasteiger partial charge on any atom is -0.462 e. The molecule has 1 aliphatic rings. The van der Waals surface area contributed by atoms with Gasteiger partial charge in [0.2, 0.25) is 0 Å². The number of aryl methyl sites for hydroxylation is 2. The molecule has 3 rings (SSSR count). The fourth-order valence-electron chi connectivity index (χ4n) is 3.65. The number of esters is 1. The van der Waals surface area contributed by atoms with E-state index < -0.39 is 0 Å². The Kier molecular flexibility index (Phi) is 5.22. The molecule has 0 spiro atoms. The number of nitrogens with zero attached hydrogens (tertiary/aromatic N) is 3. The summed E-state index contributed by atoms with van der Waals surface area (Å²) >= 11 is 0. The second-order valence-electron chi connectivity index (χ2n) is 6.74. The number of carbonyl (C=O) groups is 1. The number of nitrogens with one attached hydrogen (secondary N) is 1. The zero-order valence-corrected chi connectivity index (χ0v) is 15.1. The molecule has 0 saturated heterocycles. The molecule has 1 aliphatic carbocycles. The van der Waals surface area contributed by atoms with Gasteiger partial charge in [0, 0.05) is 19.8 Å². The quantitative estimate of drug-likeness (QED) is 0.808. The van der Waals surface area contributed by atoms with Crippen molar-refractivity contribution in [2.45, 2.75) is 45.6 Å². The first-order chi connectivity index (χ1) is 12.0. The van der Waals surface area contributed by atoms with Gasteiger partial charge in [0.25, 0.3) is 0 Å². The summed E-state index contributed by atoms with van der Waals surface area (Å²) < 4.78 is 6.90. The van der Waals surface area contributed by atoms with E-state index in [4.69, 9.17) is 4.74 Å². The number of rotatable bonds is 5. The van der Waals surface area contributed by atoms with Crippen LogP contribution in [0.15, 0.2) is 6.20 Å². The summed E-state index contributed by atoms with van der Waals surface area (Å²) in [7, 11) is 1.84. The maximum absolute atomic E-state index is 12.4. The first-order valence-electron chi connectivity index (χ1n) is 8.92. The van der Waals surface area contributed by atoms with Crippen molar-refractivity contribution < 1.29 is 14.6 Å². The van der Waals surface area contributed by atoms with Crippen molar-refractivity contribution in [3.05, 3.63) is 17.5 Å². The van der Waals surface area contributed by atoms with Crippen LogP contribution in [0.2, 0.25) is 0 Å². The summed E-state index contributed by atoms with van der Waals surface area (Å²) in [6.07, 6.45) is 5.13. The maximum Gasteiger partial charge on any atom is 0.341 e. The number of hydrogen-bond acceptors (Lipinski definition) is 6. The van der Waals surface area contributed by atoms with Crippen LogP contribution in [0.25, 0.3) is 11.0 Å². The van der Waals surface area contributed by atoms with Gasteiger partial charge in [0.1, 0.15) is 5.56 Å². The van der Waals surface area contributed by atoms with Crippen LogP contribution in [0.4, 0.5) is 5.69 Å². The van der Waals surface area contributed by atoms with Crippen molar-refractivity contribution in [2.75, 3.05) is 18.5 Å². The third-order valence-corrected chi connectivity index (χ3v) is 4.85. The molecule has 2 unspecified atom stereocenters. The highest BCUT2D eigenvalue weighted by Crippen LogP contribution is 2.31. The summed E-state index contributed by atoms with van der Waals surface area (Å²) in [6, 6.07) is 0. The lowest BCUT2D eigenvalue weighted by molar-refractivity contribution is 0.0527. The molecule has 25 heavy (non-hydrogen) atoms. The number of carbonyl (C=O) groups excluding carboxylic acids is 1. The second kappa shape index (κ2) is 7.39. The van der Waals surface area contributed by atoms with E-state index in [1.807, 2.05) is 14.0 Å². The van der Waals surface area contributed by atoms with E-state index in [-0.39, 0.29) is 12.1 Å². The Morgan fingerprint density at radius 3 is 3.00 bits per heavy atom. The molecule has 2 heterocycles. The highest BCUT2D eigenvalue weighted by Gasteiger charge is 2.23. The molecule has 0 aliphatic heterocycles. The van der Waals surface area contributed by atoms with E-state index in [1.165, 1.54) is 0 Å². The molecular formula is C18H26N4O3. The molecule has 1 saturated carbocycles. The first-order valence-corrected chi connectivity index (χ1v) is 8.92. The second-order valence-corrected chi connectivity index (χ2v) is 6.74. The summed E-state index contributed by atoms with van der Waals surface area (Å²) in [6.45, 7) is 4.72. The van der Waals surface area contributed by atoms with Crippen LogP contribution in [0.1, 0.15) is 48.7 Å². The fourth-order valence-corrected chi connectivity index (χ4v) is 3.65. The number of fused-ring (bicyclic) bond motifs is 1. The standard InChI is InChI=1S/C18H26N4O3/c1-4-25-18(24)14-10-20-17-15(11(2)21-22(17)3)16(14)19-9-12-6-5-7-13(23)8-12/h10,12-13,23H,4-9H2,1-3H3,(H,19,20). The monoisotopic (exact) mass is 346 g/mol. The number of aliphatic hydroxyl groups is 1. The zero-order chi connectivity index (χ0) is 18.0. The third-order valence-electron chi connectivity index (χ3n) is 4.85. The molecular weight excluding hydrogens is 320 g/mol. The zero-order valence-electron chi connectivity index (χ0n) is 15.1. The third kappa shape index (κ3) is 3.61. The normalized spacial score (nSPS) is 20.6. The minimum absolute atomic E-state index is 0.220. The predicted molar refractivity (Wildman–Crippen MR) is 95.7 cm³/mol. The van der Waals surface area contributed by atoms with Crippen LogP contribution < -0.4 is 5.32 Å². The van der Waals surface area contributed by atoms with Crippen molar-refractivity contribution in [3.63, 3.8) is 0 Å². The number of anilines is 1. The van der Waals surface area contributed by atoms with E-state index in [9.17, 15) is 9.90 Å². The van der Waals surface area contributed by atoms with Gasteiger partial charge in [-0.05, 0) is 39.0 Å². The van der Waals surface area contributed by atoms with E-state index in [0.717, 1.165) is 48.1 Å².